The molecule has 3 aromatic carbocycles. The molecule has 146 valence electrons. The molecule has 1 heterocycles. The Labute approximate surface area is 171 Å². The first-order valence-corrected chi connectivity index (χ1v) is 9.22. The van der Waals surface area contributed by atoms with Crippen LogP contribution in [-0.2, 0) is 14.4 Å². The van der Waals surface area contributed by atoms with E-state index in [9.17, 15) is 24.8 Å². The first kappa shape index (κ1) is 19.1. The Hall–Kier alpha value is -4.24. The maximum atomic E-state index is 13.0. The molecule has 2 amide bonds. The van der Waals surface area contributed by atoms with E-state index in [2.05, 4.69) is 0 Å². The van der Waals surface area contributed by atoms with Crippen LogP contribution in [0.15, 0.2) is 71.3 Å². The van der Waals surface area contributed by atoms with Crippen molar-refractivity contribution in [2.75, 3.05) is 6.54 Å². The molecule has 0 saturated heterocycles. The zero-order chi connectivity index (χ0) is 21.4. The lowest BCUT2D eigenvalue weighted by atomic mass is 9.90. The van der Waals surface area contributed by atoms with E-state index >= 15 is 0 Å². The fourth-order valence-electron chi connectivity index (χ4n) is 3.75. The molecule has 0 aromatic heterocycles. The maximum absolute atomic E-state index is 13.0. The largest absolute Gasteiger partial charge is 0.548 e. The van der Waals surface area contributed by atoms with Crippen molar-refractivity contribution in [1.29, 1.82) is 5.26 Å². The molecule has 0 N–H and O–H groups in total. The second kappa shape index (κ2) is 7.30. The lowest BCUT2D eigenvalue weighted by molar-refractivity contribution is -0.305. The first-order valence-electron chi connectivity index (χ1n) is 9.22. The van der Waals surface area contributed by atoms with E-state index in [0.717, 1.165) is 27.1 Å². The molecule has 3 aromatic rings. The molecule has 0 bridgehead atoms. The number of imide groups is 1. The molecule has 0 spiro atoms. The number of carboxylic acids is 1. The summed E-state index contributed by atoms with van der Waals surface area (Å²) in [5.74, 6) is -3.27. The minimum Gasteiger partial charge on any atom is -0.548 e. The topological polar surface area (TPSA) is 101 Å². The molecule has 1 aliphatic rings. The number of nitrogens with zero attached hydrogens (tertiary/aromatic N) is 2. The van der Waals surface area contributed by atoms with Gasteiger partial charge in [0.15, 0.2) is 0 Å². The Morgan fingerprint density at radius 3 is 2.13 bits per heavy atom. The predicted octanol–water partition coefficient (Wildman–Crippen LogP) is 2.34. The van der Waals surface area contributed by atoms with Gasteiger partial charge in [-0.1, -0.05) is 48.5 Å². The van der Waals surface area contributed by atoms with E-state index in [1.165, 1.54) is 6.92 Å². The lowest BCUT2D eigenvalue weighted by Crippen LogP contribution is -2.48. The van der Waals surface area contributed by atoms with Gasteiger partial charge in [0, 0.05) is 5.57 Å². The molecule has 6 heteroatoms. The van der Waals surface area contributed by atoms with Gasteiger partial charge in [0.1, 0.15) is 11.6 Å². The molecular weight excluding hydrogens is 380 g/mol. The summed E-state index contributed by atoms with van der Waals surface area (Å²) in [5.41, 5.74) is 0.825. The molecule has 1 aliphatic heterocycles. The minimum atomic E-state index is -1.58. The van der Waals surface area contributed by atoms with Crippen molar-refractivity contribution in [1.82, 2.24) is 4.90 Å². The third kappa shape index (κ3) is 3.03. The van der Waals surface area contributed by atoms with Gasteiger partial charge in [-0.2, -0.15) is 5.26 Å². The van der Waals surface area contributed by atoms with Gasteiger partial charge in [0.2, 0.25) is 0 Å². The van der Waals surface area contributed by atoms with Gasteiger partial charge in [0.25, 0.3) is 11.8 Å². The quantitative estimate of drug-likeness (QED) is 0.385. The Kier molecular flexibility index (Phi) is 4.65. The van der Waals surface area contributed by atoms with E-state index in [1.54, 1.807) is 12.1 Å². The molecule has 4 rings (SSSR count). The summed E-state index contributed by atoms with van der Waals surface area (Å²) < 4.78 is 0. The van der Waals surface area contributed by atoms with Crippen molar-refractivity contribution in [3.63, 3.8) is 0 Å². The molecule has 0 saturated carbocycles. The van der Waals surface area contributed by atoms with Crippen LogP contribution in [0.5, 0.6) is 0 Å². The third-order valence-corrected chi connectivity index (χ3v) is 5.21. The van der Waals surface area contributed by atoms with Gasteiger partial charge < -0.3 is 9.90 Å². The summed E-state index contributed by atoms with van der Waals surface area (Å²) in [6.45, 7) is 0.605. The predicted molar refractivity (Wildman–Crippen MR) is 109 cm³/mol. The highest BCUT2D eigenvalue weighted by Gasteiger charge is 2.35. The number of carbonyl (C=O) groups excluding carboxylic acids is 3. The molecule has 0 unspecified atom stereocenters. The van der Waals surface area contributed by atoms with Crippen molar-refractivity contribution in [2.24, 2.45) is 0 Å². The van der Waals surface area contributed by atoms with Gasteiger partial charge in [-0.05, 0) is 51.7 Å². The Balaban J connectivity index is 2.04. The summed E-state index contributed by atoms with van der Waals surface area (Å²) in [4.78, 5) is 37.1. The van der Waals surface area contributed by atoms with Crippen LogP contribution in [-0.4, -0.2) is 29.2 Å². The molecule has 0 aliphatic carbocycles. The number of hydrogen-bond donors (Lipinski definition) is 0. The third-order valence-electron chi connectivity index (χ3n) is 5.21. The van der Waals surface area contributed by atoms with Gasteiger partial charge in [-0.25, -0.2) is 0 Å². The number of amides is 2. The van der Waals surface area contributed by atoms with Crippen LogP contribution in [0.4, 0.5) is 0 Å². The van der Waals surface area contributed by atoms with Gasteiger partial charge in [-0.3, -0.25) is 14.5 Å². The number of fused-ring (bicyclic) bond motifs is 2. The van der Waals surface area contributed by atoms with Crippen LogP contribution >= 0.6 is 0 Å². The number of benzene rings is 3. The fourth-order valence-corrected chi connectivity index (χ4v) is 3.75. The molecule has 6 nitrogen and oxygen atoms in total. The van der Waals surface area contributed by atoms with Crippen molar-refractivity contribution in [2.45, 2.75) is 6.92 Å². The zero-order valence-corrected chi connectivity index (χ0v) is 16.0. The minimum absolute atomic E-state index is 0.105. The van der Waals surface area contributed by atoms with Crippen LogP contribution in [0.3, 0.4) is 0 Å². The van der Waals surface area contributed by atoms with E-state index in [0.29, 0.717) is 4.90 Å². The van der Waals surface area contributed by atoms with Crippen LogP contribution in [0.25, 0.3) is 27.6 Å². The summed E-state index contributed by atoms with van der Waals surface area (Å²) in [7, 11) is 0. The summed E-state index contributed by atoms with van der Waals surface area (Å²) >= 11 is 0. The van der Waals surface area contributed by atoms with Crippen LogP contribution in [0.2, 0.25) is 0 Å². The molecule has 0 fully saturated rings. The molecule has 0 atom stereocenters. The summed E-state index contributed by atoms with van der Waals surface area (Å²) in [5, 5.41) is 24.2. The average molecular weight is 395 g/mol. The van der Waals surface area contributed by atoms with E-state index < -0.39 is 24.3 Å². The number of rotatable bonds is 3. The smallest absolute Gasteiger partial charge is 0.272 e. The van der Waals surface area contributed by atoms with Crippen LogP contribution in [0.1, 0.15) is 12.5 Å². The number of hydrogen-bond acceptors (Lipinski definition) is 5. The van der Waals surface area contributed by atoms with Crippen molar-refractivity contribution < 1.29 is 19.5 Å². The number of nitriles is 1. The standard InChI is InChI=1S/C24H16N2O4/c1-14-19(23(29)26(13-22(27)28)24(30)21(14)12-25)11-20-17-8-4-2-6-15(17)10-16-7-3-5-9-18(16)20/h2-11H,13H2,1H3,(H,27,28)/p-1. The second-order valence-corrected chi connectivity index (χ2v) is 6.97. The number of carboxylic acid groups (broad SMARTS) is 1. The van der Waals surface area contributed by atoms with Gasteiger partial charge >= 0.3 is 0 Å². The highest BCUT2D eigenvalue weighted by Crippen LogP contribution is 2.33. The van der Waals surface area contributed by atoms with Crippen molar-refractivity contribution in [3.8, 4) is 6.07 Å². The molecular formula is C24H15N2O4-. The average Bonchev–Trinajstić information content (AvgIpc) is 2.73. The fraction of sp³-hybridized carbons (Fsp3) is 0.0833. The summed E-state index contributed by atoms with van der Waals surface area (Å²) in [6.07, 6.45) is 1.63. The lowest BCUT2D eigenvalue weighted by Gasteiger charge is -2.27. The van der Waals surface area contributed by atoms with Gasteiger partial charge in [-0.15, -0.1) is 0 Å². The van der Waals surface area contributed by atoms with E-state index in [-0.39, 0.29) is 16.7 Å². The van der Waals surface area contributed by atoms with Crippen LogP contribution < -0.4 is 5.11 Å². The van der Waals surface area contributed by atoms with Crippen molar-refractivity contribution >= 4 is 45.4 Å². The maximum Gasteiger partial charge on any atom is 0.272 e. The van der Waals surface area contributed by atoms with E-state index in [4.69, 9.17) is 0 Å². The Morgan fingerprint density at radius 2 is 1.60 bits per heavy atom. The van der Waals surface area contributed by atoms with Crippen LogP contribution in [0, 0.1) is 11.3 Å². The monoisotopic (exact) mass is 395 g/mol. The normalized spacial score (nSPS) is 15.9. The first-order chi connectivity index (χ1) is 14.4. The second-order valence-electron chi connectivity index (χ2n) is 6.97. The highest BCUT2D eigenvalue weighted by molar-refractivity contribution is 6.21. The zero-order valence-electron chi connectivity index (χ0n) is 16.0. The number of aliphatic carboxylic acids is 1. The Morgan fingerprint density at radius 1 is 1.03 bits per heavy atom. The van der Waals surface area contributed by atoms with Gasteiger partial charge in [0.05, 0.1) is 12.5 Å². The number of carbonyl (C=O) groups is 3. The Bertz CT molecular complexity index is 1300. The highest BCUT2D eigenvalue weighted by atomic mass is 16.4. The SMILES string of the molecule is CC1=C(C#N)C(=O)N(CC(=O)[O-])C(=O)C1=Cc1c2ccccc2cc2ccccc12. The summed E-state index contributed by atoms with van der Waals surface area (Å²) in [6, 6.07) is 19.2. The molecule has 0 radical (unpaired) electrons. The van der Waals surface area contributed by atoms with E-state index in [1.807, 2.05) is 54.6 Å². The van der Waals surface area contributed by atoms with Crippen molar-refractivity contribution in [3.05, 3.63) is 76.9 Å². The molecule has 30 heavy (non-hydrogen) atoms.